The third-order valence-corrected chi connectivity index (χ3v) is 2.71. The zero-order valence-electron chi connectivity index (χ0n) is 11.4. The lowest BCUT2D eigenvalue weighted by Crippen LogP contribution is -2.43. The molecule has 1 amide bonds. The first-order valence-electron chi connectivity index (χ1n) is 5.97. The van der Waals surface area contributed by atoms with Crippen molar-refractivity contribution in [2.24, 2.45) is 5.92 Å². The molecule has 0 heterocycles. The van der Waals surface area contributed by atoms with Crippen molar-refractivity contribution in [2.75, 3.05) is 7.11 Å². The molecule has 0 aromatic heterocycles. The van der Waals surface area contributed by atoms with Crippen LogP contribution in [0.25, 0.3) is 0 Å². The Hall–Kier alpha value is -1.52. The second-order valence-electron chi connectivity index (χ2n) is 5.54. The molecule has 1 rings (SSSR count). The minimum atomic E-state index is -0.555. The Labute approximate surface area is 108 Å². The van der Waals surface area contributed by atoms with Gasteiger partial charge in [0, 0.05) is 6.04 Å². The molecule has 2 atom stereocenters. The van der Waals surface area contributed by atoms with Crippen LogP contribution in [0, 0.1) is 5.92 Å². The Bertz CT molecular complexity index is 356. The van der Waals surface area contributed by atoms with Gasteiger partial charge < -0.3 is 14.8 Å². The molecule has 0 aromatic rings. The van der Waals surface area contributed by atoms with E-state index < -0.39 is 11.7 Å². The maximum atomic E-state index is 11.7. The van der Waals surface area contributed by atoms with Gasteiger partial charge in [-0.05, 0) is 33.6 Å². The molecule has 0 saturated heterocycles. The number of carbonyl (C=O) groups is 2. The second-order valence-corrected chi connectivity index (χ2v) is 5.54. The van der Waals surface area contributed by atoms with E-state index in [9.17, 15) is 9.59 Å². The fourth-order valence-corrected chi connectivity index (χ4v) is 2.00. The maximum absolute atomic E-state index is 11.7. The smallest absolute Gasteiger partial charge is 0.407 e. The molecule has 0 radical (unpaired) electrons. The fraction of sp³-hybridized carbons (Fsp3) is 0.692. The van der Waals surface area contributed by atoms with Gasteiger partial charge in [0.15, 0.2) is 0 Å². The third kappa shape index (κ3) is 4.05. The van der Waals surface area contributed by atoms with Crippen LogP contribution in [0.4, 0.5) is 4.79 Å². The topological polar surface area (TPSA) is 64.6 Å². The molecular formula is C13H21NO4. The molecule has 1 fully saturated rings. The van der Waals surface area contributed by atoms with E-state index in [2.05, 4.69) is 11.9 Å². The van der Waals surface area contributed by atoms with Gasteiger partial charge in [-0.15, -0.1) is 0 Å². The molecule has 5 nitrogen and oxygen atoms in total. The molecule has 1 aliphatic rings. The monoisotopic (exact) mass is 255 g/mol. The largest absolute Gasteiger partial charge is 0.469 e. The number of nitrogens with one attached hydrogen (secondary N) is 1. The molecule has 5 heteroatoms. The van der Waals surface area contributed by atoms with Gasteiger partial charge >= 0.3 is 12.1 Å². The predicted molar refractivity (Wildman–Crippen MR) is 67.0 cm³/mol. The van der Waals surface area contributed by atoms with Crippen LogP contribution < -0.4 is 5.32 Å². The van der Waals surface area contributed by atoms with E-state index in [0.717, 1.165) is 5.57 Å². The molecule has 0 aliphatic heterocycles. The van der Waals surface area contributed by atoms with Crippen molar-refractivity contribution >= 4 is 12.1 Å². The van der Waals surface area contributed by atoms with Crippen molar-refractivity contribution in [3.63, 3.8) is 0 Å². The average molecular weight is 255 g/mol. The molecule has 1 N–H and O–H groups in total. The highest BCUT2D eigenvalue weighted by Crippen LogP contribution is 2.30. The van der Waals surface area contributed by atoms with E-state index in [4.69, 9.17) is 9.47 Å². The number of ether oxygens (including phenoxy) is 2. The van der Waals surface area contributed by atoms with Crippen LogP contribution in [-0.2, 0) is 14.3 Å². The Morgan fingerprint density at radius 2 is 1.94 bits per heavy atom. The number of hydrogen-bond acceptors (Lipinski definition) is 4. The van der Waals surface area contributed by atoms with Crippen molar-refractivity contribution in [3.05, 3.63) is 12.2 Å². The standard InChI is InChI=1S/C13H21NO4/c1-8-6-9(11(15)17-5)10(7-8)14-12(16)18-13(2,3)4/h9-10H,1,6-7H2,2-5H3,(H,14,16)/t9-,10-/m0/s1. The molecule has 0 bridgehead atoms. The zero-order valence-corrected chi connectivity index (χ0v) is 11.4. The van der Waals surface area contributed by atoms with Gasteiger partial charge in [-0.2, -0.15) is 0 Å². The van der Waals surface area contributed by atoms with E-state index in [1.54, 1.807) is 20.8 Å². The molecule has 0 unspecified atom stereocenters. The minimum Gasteiger partial charge on any atom is -0.469 e. The molecule has 1 aliphatic carbocycles. The summed E-state index contributed by atoms with van der Waals surface area (Å²) < 4.78 is 9.89. The van der Waals surface area contributed by atoms with Crippen molar-refractivity contribution in [1.29, 1.82) is 0 Å². The van der Waals surface area contributed by atoms with Crippen LogP contribution >= 0.6 is 0 Å². The molecule has 18 heavy (non-hydrogen) atoms. The minimum absolute atomic E-state index is 0.292. The number of alkyl carbamates (subject to hydrolysis) is 1. The van der Waals surface area contributed by atoms with E-state index in [1.165, 1.54) is 7.11 Å². The Balaban J connectivity index is 2.62. The Kier molecular flexibility index (Phi) is 4.38. The first-order valence-corrected chi connectivity index (χ1v) is 5.97. The lowest BCUT2D eigenvalue weighted by molar-refractivity contribution is -0.145. The van der Waals surface area contributed by atoms with Crippen molar-refractivity contribution in [2.45, 2.75) is 45.3 Å². The summed E-state index contributed by atoms with van der Waals surface area (Å²) in [5.74, 6) is -0.690. The number of rotatable bonds is 2. The number of amides is 1. The Morgan fingerprint density at radius 3 is 2.44 bits per heavy atom. The van der Waals surface area contributed by atoms with E-state index >= 15 is 0 Å². The van der Waals surface area contributed by atoms with Gasteiger partial charge in [0.25, 0.3) is 0 Å². The number of esters is 1. The summed E-state index contributed by atoms with van der Waals surface area (Å²) in [6.07, 6.45) is 0.614. The lowest BCUT2D eigenvalue weighted by Gasteiger charge is -2.23. The SMILES string of the molecule is C=C1C[C@H](NC(=O)OC(C)(C)C)[C@@H](C(=O)OC)C1. The second kappa shape index (κ2) is 5.42. The molecule has 0 spiro atoms. The third-order valence-electron chi connectivity index (χ3n) is 2.71. The van der Waals surface area contributed by atoms with Crippen molar-refractivity contribution in [1.82, 2.24) is 5.32 Å². The summed E-state index contributed by atoms with van der Waals surface area (Å²) in [4.78, 5) is 23.2. The lowest BCUT2D eigenvalue weighted by atomic mass is 10.0. The predicted octanol–water partition coefficient (Wildman–Crippen LogP) is 2.02. The van der Waals surface area contributed by atoms with E-state index in [0.29, 0.717) is 12.8 Å². The van der Waals surface area contributed by atoms with Crippen LogP contribution in [-0.4, -0.2) is 30.8 Å². The fourth-order valence-electron chi connectivity index (χ4n) is 2.00. The number of methoxy groups -OCH3 is 1. The van der Waals surface area contributed by atoms with Gasteiger partial charge in [-0.25, -0.2) is 4.79 Å². The highest BCUT2D eigenvalue weighted by atomic mass is 16.6. The molecule has 1 saturated carbocycles. The highest BCUT2D eigenvalue weighted by Gasteiger charge is 2.37. The molecule has 102 valence electrons. The van der Waals surface area contributed by atoms with Crippen molar-refractivity contribution < 1.29 is 19.1 Å². The summed E-state index contributed by atoms with van der Waals surface area (Å²) >= 11 is 0. The Morgan fingerprint density at radius 1 is 1.33 bits per heavy atom. The maximum Gasteiger partial charge on any atom is 0.407 e. The molecule has 0 aromatic carbocycles. The van der Waals surface area contributed by atoms with Crippen LogP contribution in [0.1, 0.15) is 33.6 Å². The van der Waals surface area contributed by atoms with Crippen LogP contribution in [0.15, 0.2) is 12.2 Å². The highest BCUT2D eigenvalue weighted by molar-refractivity contribution is 5.76. The zero-order chi connectivity index (χ0) is 13.9. The quantitative estimate of drug-likeness (QED) is 0.605. The first-order chi connectivity index (χ1) is 8.23. The van der Waals surface area contributed by atoms with Gasteiger partial charge in [-0.1, -0.05) is 12.2 Å². The van der Waals surface area contributed by atoms with Crippen LogP contribution in [0.5, 0.6) is 0 Å². The van der Waals surface area contributed by atoms with Crippen LogP contribution in [0.2, 0.25) is 0 Å². The van der Waals surface area contributed by atoms with Gasteiger partial charge in [0.05, 0.1) is 13.0 Å². The summed E-state index contributed by atoms with van der Waals surface area (Å²) in [6.45, 7) is 9.22. The summed E-state index contributed by atoms with van der Waals surface area (Å²) in [6, 6.07) is -0.292. The van der Waals surface area contributed by atoms with Gasteiger partial charge in [-0.3, -0.25) is 4.79 Å². The van der Waals surface area contributed by atoms with Crippen LogP contribution in [0.3, 0.4) is 0 Å². The van der Waals surface area contributed by atoms with Gasteiger partial charge in [0.1, 0.15) is 5.60 Å². The summed E-state index contributed by atoms with van der Waals surface area (Å²) in [7, 11) is 1.34. The number of hydrogen-bond donors (Lipinski definition) is 1. The summed E-state index contributed by atoms with van der Waals surface area (Å²) in [5.41, 5.74) is 0.381. The van der Waals surface area contributed by atoms with Crippen molar-refractivity contribution in [3.8, 4) is 0 Å². The van der Waals surface area contributed by atoms with E-state index in [1.807, 2.05) is 0 Å². The molecular weight excluding hydrogens is 234 g/mol. The normalized spacial score (nSPS) is 23.7. The van der Waals surface area contributed by atoms with Gasteiger partial charge in [0.2, 0.25) is 0 Å². The first kappa shape index (κ1) is 14.5. The summed E-state index contributed by atoms with van der Waals surface area (Å²) in [5, 5.41) is 2.71. The number of carbonyl (C=O) groups excluding carboxylic acids is 2. The van der Waals surface area contributed by atoms with E-state index in [-0.39, 0.29) is 17.9 Å². The average Bonchev–Trinajstić information content (AvgIpc) is 2.55.